The normalized spacial score (nSPS) is 14.2. The molecular formula is C18H26O4. The Kier molecular flexibility index (Phi) is 7.20. The van der Waals surface area contributed by atoms with Crippen LogP contribution in [0.3, 0.4) is 0 Å². The summed E-state index contributed by atoms with van der Waals surface area (Å²) in [4.78, 5) is 24.1. The van der Waals surface area contributed by atoms with Gasteiger partial charge in [-0.15, -0.1) is 18.8 Å². The van der Waals surface area contributed by atoms with E-state index in [1.807, 2.05) is 0 Å². The lowest BCUT2D eigenvalue weighted by molar-refractivity contribution is -0.174. The number of carbonyl (C=O) groups is 2. The molecule has 0 fully saturated rings. The van der Waals surface area contributed by atoms with Crippen LogP contribution in [0.5, 0.6) is 0 Å². The van der Waals surface area contributed by atoms with Crippen LogP contribution >= 0.6 is 0 Å². The van der Waals surface area contributed by atoms with Crippen LogP contribution in [0.2, 0.25) is 0 Å². The van der Waals surface area contributed by atoms with Crippen molar-refractivity contribution in [2.75, 3.05) is 0 Å². The molecule has 0 aromatic rings. The highest BCUT2D eigenvalue weighted by Gasteiger charge is 2.34. The zero-order valence-corrected chi connectivity index (χ0v) is 14.4. The maximum absolute atomic E-state index is 12.1. The Bertz CT molecular complexity index is 477. The Balaban J connectivity index is 5.13. The second-order valence-electron chi connectivity index (χ2n) is 7.18. The predicted octanol–water partition coefficient (Wildman–Crippen LogP) is 2.95. The summed E-state index contributed by atoms with van der Waals surface area (Å²) in [6.07, 6.45) is 9.71. The number of carbonyl (C=O) groups excluding carboxylic acids is 2. The van der Waals surface area contributed by atoms with Gasteiger partial charge in [0.1, 0.15) is 0 Å². The Labute approximate surface area is 133 Å². The largest absolute Gasteiger partial charge is 0.457 e. The molecule has 0 spiro atoms. The summed E-state index contributed by atoms with van der Waals surface area (Å²) < 4.78 is 10.7. The minimum Gasteiger partial charge on any atom is -0.457 e. The van der Waals surface area contributed by atoms with Gasteiger partial charge < -0.3 is 9.47 Å². The van der Waals surface area contributed by atoms with E-state index in [1.54, 1.807) is 41.5 Å². The summed E-state index contributed by atoms with van der Waals surface area (Å²) >= 11 is 0. The van der Waals surface area contributed by atoms with Crippen LogP contribution in [0.1, 0.15) is 54.4 Å². The van der Waals surface area contributed by atoms with E-state index in [0.717, 1.165) is 0 Å². The Morgan fingerprint density at radius 1 is 0.955 bits per heavy atom. The zero-order chi connectivity index (χ0) is 17.6. The van der Waals surface area contributed by atoms with Crippen molar-refractivity contribution in [2.24, 2.45) is 10.8 Å². The van der Waals surface area contributed by atoms with Gasteiger partial charge in [-0.1, -0.05) is 5.92 Å². The van der Waals surface area contributed by atoms with Crippen molar-refractivity contribution in [3.05, 3.63) is 0 Å². The van der Waals surface area contributed by atoms with Crippen LogP contribution in [-0.4, -0.2) is 24.1 Å². The van der Waals surface area contributed by atoms with Gasteiger partial charge in [-0.05, 0) is 41.5 Å². The first-order valence-corrected chi connectivity index (χ1v) is 7.25. The molecule has 0 aromatic carbocycles. The molecule has 122 valence electrons. The highest BCUT2D eigenvalue weighted by atomic mass is 16.6. The number of ether oxygens (including phenoxy) is 2. The summed E-state index contributed by atoms with van der Waals surface area (Å²) in [7, 11) is 0. The molecule has 0 aliphatic heterocycles. The first-order valence-electron chi connectivity index (χ1n) is 7.25. The minimum atomic E-state index is -0.952. The molecule has 22 heavy (non-hydrogen) atoms. The van der Waals surface area contributed by atoms with Crippen molar-refractivity contribution in [1.29, 1.82) is 0 Å². The average molecular weight is 306 g/mol. The van der Waals surface area contributed by atoms with Gasteiger partial charge in [0.2, 0.25) is 0 Å². The molecule has 0 radical (unpaired) electrons. The Hall–Kier alpha value is -1.94. The summed E-state index contributed by atoms with van der Waals surface area (Å²) in [5, 5.41) is 0. The number of hydrogen-bond acceptors (Lipinski definition) is 4. The molecule has 0 N–H and O–H groups in total. The molecule has 0 aliphatic rings. The summed E-state index contributed by atoms with van der Waals surface area (Å²) in [5.74, 6) is 3.99. The third-order valence-electron chi connectivity index (χ3n) is 2.79. The molecule has 0 heterocycles. The van der Waals surface area contributed by atoms with Crippen molar-refractivity contribution in [3.63, 3.8) is 0 Å². The smallest absolute Gasteiger partial charge is 0.312 e. The fraction of sp³-hybridized carbons (Fsp3) is 0.667. The SMILES string of the molecule is C#CCCC(OC(=O)C(C)(C)C)C(C#C)OC(=O)C(C)(C)C. The molecule has 0 bridgehead atoms. The number of esters is 2. The number of rotatable bonds is 5. The first-order chi connectivity index (χ1) is 9.93. The molecular weight excluding hydrogens is 280 g/mol. The fourth-order valence-electron chi connectivity index (χ4n) is 1.32. The van der Waals surface area contributed by atoms with Crippen LogP contribution in [-0.2, 0) is 19.1 Å². The molecule has 4 heteroatoms. The van der Waals surface area contributed by atoms with Crippen LogP contribution in [0.25, 0.3) is 0 Å². The molecule has 0 rings (SSSR count). The third kappa shape index (κ3) is 6.68. The zero-order valence-electron chi connectivity index (χ0n) is 14.4. The van der Waals surface area contributed by atoms with Gasteiger partial charge in [0.15, 0.2) is 12.2 Å². The summed E-state index contributed by atoms with van der Waals surface area (Å²) in [6.45, 7) is 10.4. The molecule has 0 aliphatic carbocycles. The van der Waals surface area contributed by atoms with Crippen molar-refractivity contribution >= 4 is 11.9 Å². The first kappa shape index (κ1) is 20.1. The topological polar surface area (TPSA) is 52.6 Å². The van der Waals surface area contributed by atoms with Crippen molar-refractivity contribution < 1.29 is 19.1 Å². The van der Waals surface area contributed by atoms with Crippen molar-refractivity contribution in [1.82, 2.24) is 0 Å². The maximum atomic E-state index is 12.1. The van der Waals surface area contributed by atoms with E-state index in [0.29, 0.717) is 12.8 Å². The Morgan fingerprint density at radius 2 is 1.41 bits per heavy atom. The summed E-state index contributed by atoms with van der Waals surface area (Å²) in [5.41, 5.74) is -1.37. The molecule has 0 saturated carbocycles. The molecule has 2 atom stereocenters. The van der Waals surface area contributed by atoms with E-state index in [9.17, 15) is 9.59 Å². The van der Waals surface area contributed by atoms with Crippen LogP contribution in [0.15, 0.2) is 0 Å². The molecule has 4 nitrogen and oxygen atoms in total. The van der Waals surface area contributed by atoms with Gasteiger partial charge in [0.25, 0.3) is 0 Å². The molecule has 0 saturated heterocycles. The van der Waals surface area contributed by atoms with Crippen LogP contribution in [0.4, 0.5) is 0 Å². The molecule has 0 aromatic heterocycles. The predicted molar refractivity (Wildman–Crippen MR) is 85.6 cm³/mol. The quantitative estimate of drug-likeness (QED) is 0.579. The number of hydrogen-bond donors (Lipinski definition) is 0. The van der Waals surface area contributed by atoms with E-state index in [-0.39, 0.29) is 0 Å². The monoisotopic (exact) mass is 306 g/mol. The van der Waals surface area contributed by atoms with Gasteiger partial charge in [-0.25, -0.2) is 0 Å². The minimum absolute atomic E-state index is 0.338. The van der Waals surface area contributed by atoms with E-state index in [1.165, 1.54) is 0 Å². The highest BCUT2D eigenvalue weighted by molar-refractivity contribution is 5.76. The maximum Gasteiger partial charge on any atom is 0.312 e. The Morgan fingerprint density at radius 3 is 1.77 bits per heavy atom. The van der Waals surface area contributed by atoms with Gasteiger partial charge in [-0.2, -0.15) is 0 Å². The second kappa shape index (κ2) is 7.90. The van der Waals surface area contributed by atoms with Crippen molar-refractivity contribution in [2.45, 2.75) is 66.6 Å². The standard InChI is InChI=1S/C18H26O4/c1-9-11-12-14(22-16(20)18(6,7)8)13(10-2)21-15(19)17(3,4)5/h1-2,13-14H,11-12H2,3-8H3. The number of terminal acetylenes is 2. The van der Waals surface area contributed by atoms with Gasteiger partial charge in [-0.3, -0.25) is 9.59 Å². The van der Waals surface area contributed by atoms with Crippen molar-refractivity contribution in [3.8, 4) is 24.7 Å². The van der Waals surface area contributed by atoms with E-state index in [4.69, 9.17) is 22.3 Å². The van der Waals surface area contributed by atoms with E-state index < -0.39 is 35.0 Å². The summed E-state index contributed by atoms with van der Waals surface area (Å²) in [6, 6.07) is 0. The molecule has 0 amide bonds. The van der Waals surface area contributed by atoms with Gasteiger partial charge in [0.05, 0.1) is 10.8 Å². The highest BCUT2D eigenvalue weighted by Crippen LogP contribution is 2.22. The lowest BCUT2D eigenvalue weighted by Gasteiger charge is -2.28. The van der Waals surface area contributed by atoms with Gasteiger partial charge >= 0.3 is 11.9 Å². The van der Waals surface area contributed by atoms with E-state index >= 15 is 0 Å². The molecule has 2 unspecified atom stereocenters. The fourth-order valence-corrected chi connectivity index (χ4v) is 1.32. The van der Waals surface area contributed by atoms with Gasteiger partial charge in [0, 0.05) is 12.8 Å². The third-order valence-corrected chi connectivity index (χ3v) is 2.79. The van der Waals surface area contributed by atoms with Crippen LogP contribution in [0, 0.1) is 35.5 Å². The second-order valence-corrected chi connectivity index (χ2v) is 7.18. The average Bonchev–Trinajstić information content (AvgIpc) is 2.38. The lowest BCUT2D eigenvalue weighted by Crippen LogP contribution is -2.39. The van der Waals surface area contributed by atoms with Crippen LogP contribution < -0.4 is 0 Å². The lowest BCUT2D eigenvalue weighted by atomic mass is 9.96. The van der Waals surface area contributed by atoms with E-state index in [2.05, 4.69) is 11.8 Å².